The Morgan fingerprint density at radius 3 is 2.42 bits per heavy atom. The SMILES string of the molecule is O=C(Nc1cccnc1Nc1ccc(O)cc1)c1ccc(Br)cc1. The number of phenolic OH excluding ortho intramolecular Hbond substituents is 1. The summed E-state index contributed by atoms with van der Waals surface area (Å²) in [7, 11) is 0. The summed E-state index contributed by atoms with van der Waals surface area (Å²) in [5.74, 6) is 0.489. The van der Waals surface area contributed by atoms with Crippen molar-refractivity contribution in [3.8, 4) is 5.75 Å². The van der Waals surface area contributed by atoms with Gasteiger partial charge in [0.1, 0.15) is 5.75 Å². The number of hydrogen-bond donors (Lipinski definition) is 3. The molecular weight excluding hydrogens is 370 g/mol. The number of nitrogens with one attached hydrogen (secondary N) is 2. The molecule has 0 radical (unpaired) electrons. The lowest BCUT2D eigenvalue weighted by Gasteiger charge is -2.12. The predicted molar refractivity (Wildman–Crippen MR) is 97.7 cm³/mol. The lowest BCUT2D eigenvalue weighted by molar-refractivity contribution is 0.102. The molecule has 6 heteroatoms. The van der Waals surface area contributed by atoms with Crippen molar-refractivity contribution < 1.29 is 9.90 Å². The van der Waals surface area contributed by atoms with E-state index in [1.807, 2.05) is 12.1 Å². The summed E-state index contributed by atoms with van der Waals surface area (Å²) in [6.45, 7) is 0. The molecule has 0 unspecified atom stereocenters. The van der Waals surface area contributed by atoms with Gasteiger partial charge in [0.2, 0.25) is 0 Å². The molecule has 0 aliphatic heterocycles. The fraction of sp³-hybridized carbons (Fsp3) is 0. The quantitative estimate of drug-likeness (QED) is 0.577. The maximum absolute atomic E-state index is 12.4. The van der Waals surface area contributed by atoms with Gasteiger partial charge in [-0.2, -0.15) is 0 Å². The van der Waals surface area contributed by atoms with Crippen LogP contribution >= 0.6 is 15.9 Å². The summed E-state index contributed by atoms with van der Waals surface area (Å²) in [6, 6.07) is 17.2. The van der Waals surface area contributed by atoms with Crippen molar-refractivity contribution in [2.75, 3.05) is 10.6 Å². The maximum Gasteiger partial charge on any atom is 0.255 e. The third-order valence-corrected chi connectivity index (χ3v) is 3.82. The number of rotatable bonds is 4. The summed E-state index contributed by atoms with van der Waals surface area (Å²) in [4.78, 5) is 16.6. The van der Waals surface area contributed by atoms with Crippen LogP contribution in [-0.2, 0) is 0 Å². The predicted octanol–water partition coefficient (Wildman–Crippen LogP) is 4.55. The normalized spacial score (nSPS) is 10.2. The van der Waals surface area contributed by atoms with Gasteiger partial charge in [0.05, 0.1) is 5.69 Å². The maximum atomic E-state index is 12.4. The van der Waals surface area contributed by atoms with E-state index in [0.29, 0.717) is 17.1 Å². The summed E-state index contributed by atoms with van der Waals surface area (Å²) >= 11 is 3.35. The Bertz CT molecular complexity index is 849. The first-order valence-corrected chi connectivity index (χ1v) is 7.99. The van der Waals surface area contributed by atoms with E-state index in [4.69, 9.17) is 0 Å². The molecule has 5 nitrogen and oxygen atoms in total. The molecule has 120 valence electrons. The Balaban J connectivity index is 1.79. The van der Waals surface area contributed by atoms with Gasteiger partial charge in [-0.05, 0) is 60.7 Å². The number of pyridine rings is 1. The second kappa shape index (κ2) is 7.14. The van der Waals surface area contributed by atoms with Crippen molar-refractivity contribution in [2.45, 2.75) is 0 Å². The molecular formula is C18H14BrN3O2. The largest absolute Gasteiger partial charge is 0.508 e. The molecule has 3 rings (SSSR count). The molecule has 1 heterocycles. The van der Waals surface area contributed by atoms with E-state index in [0.717, 1.165) is 10.2 Å². The highest BCUT2D eigenvalue weighted by Crippen LogP contribution is 2.24. The molecule has 3 N–H and O–H groups in total. The van der Waals surface area contributed by atoms with Gasteiger partial charge in [0.25, 0.3) is 5.91 Å². The molecule has 0 aliphatic rings. The van der Waals surface area contributed by atoms with E-state index >= 15 is 0 Å². The number of aromatic hydroxyl groups is 1. The molecule has 0 saturated carbocycles. The minimum absolute atomic E-state index is 0.185. The number of phenols is 1. The van der Waals surface area contributed by atoms with Crippen molar-refractivity contribution in [1.82, 2.24) is 4.98 Å². The van der Waals surface area contributed by atoms with Crippen molar-refractivity contribution in [1.29, 1.82) is 0 Å². The van der Waals surface area contributed by atoms with E-state index in [-0.39, 0.29) is 11.7 Å². The molecule has 0 spiro atoms. The van der Waals surface area contributed by atoms with E-state index in [9.17, 15) is 9.90 Å². The Kier molecular flexibility index (Phi) is 4.77. The number of benzene rings is 2. The van der Waals surface area contributed by atoms with Crippen LogP contribution in [0.25, 0.3) is 0 Å². The number of aromatic nitrogens is 1. The van der Waals surface area contributed by atoms with Gasteiger partial charge in [0.15, 0.2) is 5.82 Å². The third kappa shape index (κ3) is 3.91. The van der Waals surface area contributed by atoms with E-state index in [1.54, 1.807) is 54.7 Å². The fourth-order valence-electron chi connectivity index (χ4n) is 2.08. The first kappa shape index (κ1) is 16.0. The number of hydrogen-bond acceptors (Lipinski definition) is 4. The Morgan fingerprint density at radius 1 is 1.00 bits per heavy atom. The molecule has 0 fully saturated rings. The molecule has 24 heavy (non-hydrogen) atoms. The van der Waals surface area contributed by atoms with Crippen LogP contribution in [0.3, 0.4) is 0 Å². The average molecular weight is 384 g/mol. The van der Waals surface area contributed by atoms with Crippen molar-refractivity contribution in [3.05, 3.63) is 76.9 Å². The third-order valence-electron chi connectivity index (χ3n) is 3.29. The van der Waals surface area contributed by atoms with Gasteiger partial charge in [-0.25, -0.2) is 4.98 Å². The summed E-state index contributed by atoms with van der Waals surface area (Å²) in [5, 5.41) is 15.3. The molecule has 0 bridgehead atoms. The standard InChI is InChI=1S/C18H14BrN3O2/c19-13-5-3-12(4-6-13)18(24)22-16-2-1-11-20-17(16)21-14-7-9-15(23)10-8-14/h1-11,23H,(H,20,21)(H,22,24). The second-order valence-corrected chi connectivity index (χ2v) is 5.95. The minimum atomic E-state index is -0.218. The van der Waals surface area contributed by atoms with E-state index in [1.165, 1.54) is 0 Å². The molecule has 1 aromatic heterocycles. The highest BCUT2D eigenvalue weighted by Gasteiger charge is 2.10. The zero-order valence-electron chi connectivity index (χ0n) is 12.5. The number of amides is 1. The van der Waals surface area contributed by atoms with Crippen LogP contribution in [0, 0.1) is 0 Å². The van der Waals surface area contributed by atoms with Gasteiger partial charge in [-0.15, -0.1) is 0 Å². The lowest BCUT2D eigenvalue weighted by atomic mass is 10.2. The Morgan fingerprint density at radius 2 is 1.71 bits per heavy atom. The molecule has 0 saturated heterocycles. The van der Waals surface area contributed by atoms with Crippen molar-refractivity contribution in [2.24, 2.45) is 0 Å². The van der Waals surface area contributed by atoms with Crippen LogP contribution in [0.4, 0.5) is 17.2 Å². The first-order valence-electron chi connectivity index (χ1n) is 7.20. The van der Waals surface area contributed by atoms with Crippen molar-refractivity contribution in [3.63, 3.8) is 0 Å². The zero-order valence-corrected chi connectivity index (χ0v) is 14.1. The minimum Gasteiger partial charge on any atom is -0.508 e. The summed E-state index contributed by atoms with van der Waals surface area (Å²) < 4.78 is 0.912. The van der Waals surface area contributed by atoms with Gasteiger partial charge in [-0.3, -0.25) is 4.79 Å². The van der Waals surface area contributed by atoms with Gasteiger partial charge >= 0.3 is 0 Å². The number of carbonyl (C=O) groups excluding carboxylic acids is 1. The van der Waals surface area contributed by atoms with Crippen LogP contribution in [-0.4, -0.2) is 16.0 Å². The molecule has 3 aromatic rings. The number of halogens is 1. The van der Waals surface area contributed by atoms with Gasteiger partial charge in [0, 0.05) is 21.9 Å². The van der Waals surface area contributed by atoms with E-state index < -0.39 is 0 Å². The zero-order chi connectivity index (χ0) is 16.9. The van der Waals surface area contributed by atoms with Crippen LogP contribution in [0.5, 0.6) is 5.75 Å². The van der Waals surface area contributed by atoms with Crippen molar-refractivity contribution >= 4 is 39.0 Å². The number of anilines is 3. The number of nitrogens with zero attached hydrogens (tertiary/aromatic N) is 1. The monoisotopic (exact) mass is 383 g/mol. The smallest absolute Gasteiger partial charge is 0.255 e. The Labute approximate surface area is 147 Å². The molecule has 0 atom stereocenters. The first-order chi connectivity index (χ1) is 11.6. The second-order valence-electron chi connectivity index (χ2n) is 5.03. The van der Waals surface area contributed by atoms with E-state index in [2.05, 4.69) is 31.5 Å². The fourth-order valence-corrected chi connectivity index (χ4v) is 2.35. The molecule has 0 aliphatic carbocycles. The lowest BCUT2D eigenvalue weighted by Crippen LogP contribution is -2.13. The Hall–Kier alpha value is -2.86. The summed E-state index contributed by atoms with van der Waals surface area (Å²) in [5.41, 5.74) is 1.88. The van der Waals surface area contributed by atoms with Crippen LogP contribution in [0.1, 0.15) is 10.4 Å². The molecule has 1 amide bonds. The van der Waals surface area contributed by atoms with Crippen LogP contribution in [0.15, 0.2) is 71.3 Å². The van der Waals surface area contributed by atoms with Gasteiger partial charge < -0.3 is 15.7 Å². The molecule has 2 aromatic carbocycles. The van der Waals surface area contributed by atoms with Crippen LogP contribution in [0.2, 0.25) is 0 Å². The number of carbonyl (C=O) groups is 1. The summed E-state index contributed by atoms with van der Waals surface area (Å²) in [6.07, 6.45) is 1.64. The van der Waals surface area contributed by atoms with Crippen LogP contribution < -0.4 is 10.6 Å². The highest BCUT2D eigenvalue weighted by molar-refractivity contribution is 9.10. The van der Waals surface area contributed by atoms with Gasteiger partial charge in [-0.1, -0.05) is 15.9 Å². The highest BCUT2D eigenvalue weighted by atomic mass is 79.9. The average Bonchev–Trinajstić information content (AvgIpc) is 2.59. The topological polar surface area (TPSA) is 74.2 Å².